The Morgan fingerprint density at radius 1 is 0.842 bits per heavy atom. The molecule has 0 saturated heterocycles. The number of hydrogen-bond donors (Lipinski definition) is 0. The van der Waals surface area contributed by atoms with Gasteiger partial charge in [0.05, 0.1) is 6.61 Å². The summed E-state index contributed by atoms with van der Waals surface area (Å²) in [6.07, 6.45) is 18.0. The van der Waals surface area contributed by atoms with Crippen molar-refractivity contribution in [2.75, 3.05) is 6.61 Å². The third kappa shape index (κ3) is 14.9. The standard InChI is InChI=1S/C17H30O2/c1-3-5-7-9-10-11-12-13-15-17(18)19-16-14-8-6-4-2/h3-6H,7-16H2,1-2H3/b5-3+,6-4+. The van der Waals surface area contributed by atoms with Gasteiger partial charge in [0, 0.05) is 6.42 Å². The molecule has 0 atom stereocenters. The Morgan fingerprint density at radius 3 is 2.11 bits per heavy atom. The van der Waals surface area contributed by atoms with Gasteiger partial charge in [0.1, 0.15) is 0 Å². The first-order chi connectivity index (χ1) is 9.31. The van der Waals surface area contributed by atoms with Crippen LogP contribution in [-0.2, 0) is 9.53 Å². The Morgan fingerprint density at radius 2 is 1.42 bits per heavy atom. The van der Waals surface area contributed by atoms with E-state index < -0.39 is 0 Å². The minimum atomic E-state index is -0.0330. The summed E-state index contributed by atoms with van der Waals surface area (Å²) < 4.78 is 5.17. The molecule has 0 aliphatic rings. The van der Waals surface area contributed by atoms with Crippen LogP contribution in [0.1, 0.15) is 71.6 Å². The first-order valence-electron chi connectivity index (χ1n) is 7.69. The average molecular weight is 266 g/mol. The number of unbranched alkanes of at least 4 members (excludes halogenated alkanes) is 6. The predicted molar refractivity (Wildman–Crippen MR) is 82.1 cm³/mol. The van der Waals surface area contributed by atoms with E-state index >= 15 is 0 Å². The number of carbonyl (C=O) groups excluding carboxylic acids is 1. The number of esters is 1. The summed E-state index contributed by atoms with van der Waals surface area (Å²) >= 11 is 0. The van der Waals surface area contributed by atoms with Gasteiger partial charge in [-0.2, -0.15) is 0 Å². The topological polar surface area (TPSA) is 26.3 Å². The maximum absolute atomic E-state index is 11.4. The summed E-state index contributed by atoms with van der Waals surface area (Å²) in [5, 5.41) is 0. The molecule has 19 heavy (non-hydrogen) atoms. The Kier molecular flexibility index (Phi) is 14.2. The minimum absolute atomic E-state index is 0.0330. The van der Waals surface area contributed by atoms with Gasteiger partial charge in [-0.1, -0.05) is 43.6 Å². The van der Waals surface area contributed by atoms with Crippen LogP contribution < -0.4 is 0 Å². The van der Waals surface area contributed by atoms with Crippen LogP contribution in [0.2, 0.25) is 0 Å². The molecule has 0 aliphatic heterocycles. The van der Waals surface area contributed by atoms with Crippen molar-refractivity contribution in [3.8, 4) is 0 Å². The van der Waals surface area contributed by atoms with Crippen molar-refractivity contribution in [1.29, 1.82) is 0 Å². The molecule has 2 heteroatoms. The molecule has 0 fully saturated rings. The summed E-state index contributed by atoms with van der Waals surface area (Å²) in [4.78, 5) is 11.4. The van der Waals surface area contributed by atoms with Gasteiger partial charge in [-0.15, -0.1) is 0 Å². The van der Waals surface area contributed by atoms with E-state index in [1.165, 1.54) is 25.7 Å². The van der Waals surface area contributed by atoms with E-state index in [0.29, 0.717) is 13.0 Å². The number of rotatable bonds is 12. The first kappa shape index (κ1) is 17.9. The third-order valence-electron chi connectivity index (χ3n) is 3.00. The molecular weight excluding hydrogens is 236 g/mol. The Balaban J connectivity index is 3.20. The van der Waals surface area contributed by atoms with Crippen molar-refractivity contribution in [3.05, 3.63) is 24.3 Å². The number of ether oxygens (including phenoxy) is 1. The minimum Gasteiger partial charge on any atom is -0.466 e. The van der Waals surface area contributed by atoms with Crippen LogP contribution in [0.25, 0.3) is 0 Å². The summed E-state index contributed by atoms with van der Waals surface area (Å²) in [5.41, 5.74) is 0. The first-order valence-corrected chi connectivity index (χ1v) is 7.69. The molecular formula is C17H30O2. The van der Waals surface area contributed by atoms with Gasteiger partial charge >= 0.3 is 5.97 Å². The molecule has 0 amide bonds. The largest absolute Gasteiger partial charge is 0.466 e. The normalized spacial score (nSPS) is 11.5. The van der Waals surface area contributed by atoms with E-state index in [-0.39, 0.29) is 5.97 Å². The smallest absolute Gasteiger partial charge is 0.305 e. The van der Waals surface area contributed by atoms with E-state index in [4.69, 9.17) is 4.74 Å². The maximum Gasteiger partial charge on any atom is 0.305 e. The van der Waals surface area contributed by atoms with Gasteiger partial charge in [0.2, 0.25) is 0 Å². The molecule has 0 spiro atoms. The Hall–Kier alpha value is -1.05. The zero-order valence-electron chi connectivity index (χ0n) is 12.7. The highest BCUT2D eigenvalue weighted by molar-refractivity contribution is 5.69. The zero-order valence-corrected chi connectivity index (χ0v) is 12.7. The molecule has 0 saturated carbocycles. The van der Waals surface area contributed by atoms with Gasteiger partial charge in [-0.25, -0.2) is 0 Å². The zero-order chi connectivity index (χ0) is 14.2. The van der Waals surface area contributed by atoms with Gasteiger partial charge < -0.3 is 4.74 Å². The van der Waals surface area contributed by atoms with Gasteiger partial charge in [0.25, 0.3) is 0 Å². The Bertz CT molecular complexity index is 254. The lowest BCUT2D eigenvalue weighted by atomic mass is 10.1. The monoisotopic (exact) mass is 266 g/mol. The summed E-state index contributed by atoms with van der Waals surface area (Å²) in [6, 6.07) is 0. The lowest BCUT2D eigenvalue weighted by Crippen LogP contribution is -2.05. The fourth-order valence-corrected chi connectivity index (χ4v) is 1.85. The van der Waals surface area contributed by atoms with E-state index in [1.54, 1.807) is 0 Å². The maximum atomic E-state index is 11.4. The van der Waals surface area contributed by atoms with Crippen molar-refractivity contribution < 1.29 is 9.53 Å². The number of carbonyl (C=O) groups is 1. The fraction of sp³-hybridized carbons (Fsp3) is 0.706. The second-order valence-electron chi connectivity index (χ2n) is 4.81. The molecule has 0 rings (SSSR count). The van der Waals surface area contributed by atoms with Crippen LogP contribution >= 0.6 is 0 Å². The van der Waals surface area contributed by atoms with Crippen LogP contribution in [0.4, 0.5) is 0 Å². The summed E-state index contributed by atoms with van der Waals surface area (Å²) in [5.74, 6) is -0.0330. The quantitative estimate of drug-likeness (QED) is 0.276. The molecule has 0 heterocycles. The second kappa shape index (κ2) is 15.0. The molecule has 0 unspecified atom stereocenters. The van der Waals surface area contributed by atoms with Crippen LogP contribution in [0.15, 0.2) is 24.3 Å². The molecule has 2 nitrogen and oxygen atoms in total. The van der Waals surface area contributed by atoms with Crippen molar-refractivity contribution >= 4 is 5.97 Å². The molecule has 0 bridgehead atoms. The molecule has 0 aliphatic carbocycles. The lowest BCUT2D eigenvalue weighted by Gasteiger charge is -2.03. The van der Waals surface area contributed by atoms with E-state index in [1.807, 2.05) is 13.0 Å². The number of allylic oxidation sites excluding steroid dienone is 4. The highest BCUT2D eigenvalue weighted by atomic mass is 16.5. The van der Waals surface area contributed by atoms with Crippen molar-refractivity contribution in [1.82, 2.24) is 0 Å². The van der Waals surface area contributed by atoms with Crippen molar-refractivity contribution in [2.24, 2.45) is 0 Å². The highest BCUT2D eigenvalue weighted by Crippen LogP contribution is 2.08. The second-order valence-corrected chi connectivity index (χ2v) is 4.81. The van der Waals surface area contributed by atoms with Crippen LogP contribution in [-0.4, -0.2) is 12.6 Å². The van der Waals surface area contributed by atoms with Gasteiger partial charge in [0.15, 0.2) is 0 Å². The molecule has 0 N–H and O–H groups in total. The molecule has 0 aromatic rings. The van der Waals surface area contributed by atoms with Crippen molar-refractivity contribution in [3.63, 3.8) is 0 Å². The summed E-state index contributed by atoms with van der Waals surface area (Å²) in [7, 11) is 0. The third-order valence-corrected chi connectivity index (χ3v) is 3.00. The SMILES string of the molecule is C/C=C/CCCCCCCC(=O)OCCC/C=C/C. The molecule has 110 valence electrons. The van der Waals surface area contributed by atoms with Crippen LogP contribution in [0, 0.1) is 0 Å². The molecule has 0 radical (unpaired) electrons. The van der Waals surface area contributed by atoms with Crippen LogP contribution in [0.3, 0.4) is 0 Å². The van der Waals surface area contributed by atoms with Crippen molar-refractivity contribution in [2.45, 2.75) is 71.6 Å². The number of hydrogen-bond acceptors (Lipinski definition) is 2. The molecule has 0 aromatic heterocycles. The van der Waals surface area contributed by atoms with Crippen LogP contribution in [0.5, 0.6) is 0 Å². The fourth-order valence-electron chi connectivity index (χ4n) is 1.85. The average Bonchev–Trinajstić information content (AvgIpc) is 2.41. The summed E-state index contributed by atoms with van der Waals surface area (Å²) in [6.45, 7) is 4.63. The Labute approximate surface area is 118 Å². The highest BCUT2D eigenvalue weighted by Gasteiger charge is 2.01. The van der Waals surface area contributed by atoms with Gasteiger partial charge in [-0.3, -0.25) is 4.79 Å². The van der Waals surface area contributed by atoms with Gasteiger partial charge in [-0.05, 0) is 46.0 Å². The van der Waals surface area contributed by atoms with E-state index in [2.05, 4.69) is 25.2 Å². The van der Waals surface area contributed by atoms with E-state index in [0.717, 1.165) is 25.7 Å². The van der Waals surface area contributed by atoms with E-state index in [9.17, 15) is 4.79 Å². The molecule has 0 aromatic carbocycles. The lowest BCUT2D eigenvalue weighted by molar-refractivity contribution is -0.143. The predicted octanol–water partition coefficient (Wildman–Crippen LogP) is 5.19.